The minimum atomic E-state index is -0.475. The average Bonchev–Trinajstić information content (AvgIpc) is 3.70. The van der Waals surface area contributed by atoms with Crippen LogP contribution in [0.15, 0.2) is 66.9 Å². The van der Waals surface area contributed by atoms with Crippen molar-refractivity contribution in [2.45, 2.75) is 56.6 Å². The molecule has 3 aliphatic heterocycles. The van der Waals surface area contributed by atoms with E-state index in [2.05, 4.69) is 47.1 Å². The number of piperidine rings is 3. The summed E-state index contributed by atoms with van der Waals surface area (Å²) in [6, 6.07) is 20.7. The average molecular weight is 441 g/mol. The van der Waals surface area contributed by atoms with Crippen LogP contribution < -0.4 is 0 Å². The summed E-state index contributed by atoms with van der Waals surface area (Å²) >= 11 is 0. The zero-order valence-corrected chi connectivity index (χ0v) is 19.3. The lowest BCUT2D eigenvalue weighted by Crippen LogP contribution is -2.55. The lowest BCUT2D eigenvalue weighted by Gasteiger charge is -2.52. The fraction of sp³-hybridized carbons (Fsp3) is 0.448. The first-order valence-corrected chi connectivity index (χ1v) is 12.5. The largest absolute Gasteiger partial charge is 0.455 e. The number of hydrogen-bond donors (Lipinski definition) is 0. The Morgan fingerprint density at radius 1 is 1.12 bits per heavy atom. The number of ether oxygens (including phenoxy) is 1. The second kappa shape index (κ2) is 8.25. The first-order chi connectivity index (χ1) is 16.2. The molecule has 4 fully saturated rings. The van der Waals surface area contributed by atoms with Crippen LogP contribution in [0.5, 0.6) is 0 Å². The SMILES string of the molecule is CC[C@H]1CN2CC[C@@H]1C[C@H]2[C@H](OC(=O)C1(c2ccccc2)CC1)c1ccnc2ccccc12. The maximum Gasteiger partial charge on any atom is 0.317 e. The third-order valence-corrected chi connectivity index (χ3v) is 8.50. The van der Waals surface area contributed by atoms with E-state index in [-0.39, 0.29) is 18.1 Å². The first kappa shape index (κ1) is 20.9. The molecular weight excluding hydrogens is 408 g/mol. The van der Waals surface area contributed by atoms with Gasteiger partial charge in [0.25, 0.3) is 0 Å². The summed E-state index contributed by atoms with van der Waals surface area (Å²) in [6.45, 7) is 4.53. The van der Waals surface area contributed by atoms with Crippen LogP contribution in [-0.2, 0) is 14.9 Å². The number of pyridine rings is 1. The molecule has 170 valence electrons. The maximum absolute atomic E-state index is 13.8. The van der Waals surface area contributed by atoms with Gasteiger partial charge in [0.05, 0.1) is 17.0 Å². The van der Waals surface area contributed by atoms with Gasteiger partial charge in [-0.05, 0) is 61.8 Å². The van der Waals surface area contributed by atoms with Crippen LogP contribution in [0.1, 0.15) is 56.3 Å². The summed E-state index contributed by atoms with van der Waals surface area (Å²) < 4.78 is 6.58. The lowest BCUT2D eigenvalue weighted by molar-refractivity contribution is -0.161. The van der Waals surface area contributed by atoms with Gasteiger partial charge in [-0.15, -0.1) is 0 Å². The maximum atomic E-state index is 13.8. The minimum Gasteiger partial charge on any atom is -0.455 e. The molecule has 4 aliphatic rings. The molecule has 4 nitrogen and oxygen atoms in total. The Hall–Kier alpha value is -2.72. The number of rotatable bonds is 6. The van der Waals surface area contributed by atoms with E-state index in [1.165, 1.54) is 12.8 Å². The third kappa shape index (κ3) is 3.56. The molecule has 7 rings (SSSR count). The molecule has 2 bridgehead atoms. The van der Waals surface area contributed by atoms with Gasteiger partial charge in [0, 0.05) is 23.7 Å². The van der Waals surface area contributed by atoms with E-state index in [0.717, 1.165) is 66.2 Å². The molecule has 0 amide bonds. The van der Waals surface area contributed by atoms with Gasteiger partial charge in [0.1, 0.15) is 6.10 Å². The molecule has 1 unspecified atom stereocenters. The van der Waals surface area contributed by atoms with Crippen molar-refractivity contribution in [3.05, 3.63) is 78.0 Å². The second-order valence-electron chi connectivity index (χ2n) is 10.2. The van der Waals surface area contributed by atoms with Gasteiger partial charge in [-0.2, -0.15) is 0 Å². The number of hydrogen-bond acceptors (Lipinski definition) is 4. The van der Waals surface area contributed by atoms with Gasteiger partial charge < -0.3 is 4.74 Å². The number of carbonyl (C=O) groups is 1. The molecule has 0 N–H and O–H groups in total. The fourth-order valence-corrected chi connectivity index (χ4v) is 6.39. The van der Waals surface area contributed by atoms with Gasteiger partial charge >= 0.3 is 5.97 Å². The molecule has 3 aromatic rings. The Labute approximate surface area is 196 Å². The molecule has 4 heterocycles. The van der Waals surface area contributed by atoms with Gasteiger partial charge in [-0.1, -0.05) is 61.9 Å². The second-order valence-corrected chi connectivity index (χ2v) is 10.2. The molecule has 2 aromatic carbocycles. The molecule has 1 aliphatic carbocycles. The van der Waals surface area contributed by atoms with Crippen molar-refractivity contribution < 1.29 is 9.53 Å². The monoisotopic (exact) mass is 440 g/mol. The van der Waals surface area contributed by atoms with Crippen LogP contribution in [0, 0.1) is 11.8 Å². The standard InChI is InChI=1S/C29H32N2O2/c1-2-20-19-31-17-13-21(20)18-26(31)27(24-12-16-30-25-11-7-6-10-23(24)25)33-28(32)29(14-15-29)22-8-4-3-5-9-22/h3-12,16,20-21,26-27H,2,13-15,17-19H2,1H3/t20-,21+,26-,27+/m0/s1. The number of esters is 1. The molecular formula is C29H32N2O2. The molecule has 0 radical (unpaired) electrons. The number of carbonyl (C=O) groups excluding carboxylic acids is 1. The highest BCUT2D eigenvalue weighted by atomic mass is 16.5. The van der Waals surface area contributed by atoms with E-state index in [0.29, 0.717) is 0 Å². The van der Waals surface area contributed by atoms with Gasteiger partial charge in [0.15, 0.2) is 0 Å². The summed E-state index contributed by atoms with van der Waals surface area (Å²) in [5.74, 6) is 1.43. The highest BCUT2D eigenvalue weighted by Gasteiger charge is 2.54. The van der Waals surface area contributed by atoms with Gasteiger partial charge in [-0.3, -0.25) is 14.7 Å². The molecule has 5 atom stereocenters. The summed E-state index contributed by atoms with van der Waals surface area (Å²) in [6.07, 6.45) is 6.93. The smallest absolute Gasteiger partial charge is 0.317 e. The van der Waals surface area contributed by atoms with E-state index in [4.69, 9.17) is 4.74 Å². The highest BCUT2D eigenvalue weighted by molar-refractivity contribution is 5.88. The summed E-state index contributed by atoms with van der Waals surface area (Å²) in [5.41, 5.74) is 2.67. The Kier molecular flexibility index (Phi) is 5.21. The lowest BCUT2D eigenvalue weighted by atomic mass is 9.72. The first-order valence-electron chi connectivity index (χ1n) is 12.5. The number of benzene rings is 2. The number of nitrogens with zero attached hydrogens (tertiary/aromatic N) is 2. The van der Waals surface area contributed by atoms with Crippen molar-refractivity contribution in [3.63, 3.8) is 0 Å². The van der Waals surface area contributed by atoms with Crippen molar-refractivity contribution in [1.29, 1.82) is 0 Å². The van der Waals surface area contributed by atoms with E-state index >= 15 is 0 Å². The van der Waals surface area contributed by atoms with Crippen molar-refractivity contribution in [2.24, 2.45) is 11.8 Å². The van der Waals surface area contributed by atoms with Crippen LogP contribution in [0.4, 0.5) is 0 Å². The molecule has 33 heavy (non-hydrogen) atoms. The van der Waals surface area contributed by atoms with Crippen LogP contribution >= 0.6 is 0 Å². The normalized spacial score (nSPS) is 28.4. The van der Waals surface area contributed by atoms with Crippen molar-refractivity contribution >= 4 is 16.9 Å². The number of para-hydroxylation sites is 1. The van der Waals surface area contributed by atoms with E-state index in [1.54, 1.807) is 0 Å². The third-order valence-electron chi connectivity index (χ3n) is 8.50. The number of fused-ring (bicyclic) bond motifs is 4. The van der Waals surface area contributed by atoms with Crippen LogP contribution in [0.3, 0.4) is 0 Å². The molecule has 1 aromatic heterocycles. The van der Waals surface area contributed by atoms with E-state index < -0.39 is 5.41 Å². The van der Waals surface area contributed by atoms with Crippen molar-refractivity contribution in [2.75, 3.05) is 13.1 Å². The Balaban J connectivity index is 1.38. The van der Waals surface area contributed by atoms with Crippen molar-refractivity contribution in [1.82, 2.24) is 9.88 Å². The molecule has 1 saturated carbocycles. The highest BCUT2D eigenvalue weighted by Crippen LogP contribution is 2.51. The summed E-state index contributed by atoms with van der Waals surface area (Å²) in [5, 5.41) is 1.09. The predicted octanol–water partition coefficient (Wildman–Crippen LogP) is 5.67. The topological polar surface area (TPSA) is 42.4 Å². The van der Waals surface area contributed by atoms with E-state index in [9.17, 15) is 4.79 Å². The Bertz CT molecular complexity index is 1150. The zero-order chi connectivity index (χ0) is 22.4. The summed E-state index contributed by atoms with van der Waals surface area (Å²) in [4.78, 5) is 20.9. The fourth-order valence-electron chi connectivity index (χ4n) is 6.39. The van der Waals surface area contributed by atoms with Crippen LogP contribution in [0.2, 0.25) is 0 Å². The quantitative estimate of drug-likeness (QED) is 0.463. The molecule has 4 heteroatoms. The predicted molar refractivity (Wildman–Crippen MR) is 130 cm³/mol. The summed E-state index contributed by atoms with van der Waals surface area (Å²) in [7, 11) is 0. The Morgan fingerprint density at radius 3 is 2.64 bits per heavy atom. The van der Waals surface area contributed by atoms with Crippen molar-refractivity contribution in [3.8, 4) is 0 Å². The van der Waals surface area contributed by atoms with E-state index in [1.807, 2.05) is 36.5 Å². The molecule has 0 spiro atoms. The number of aromatic nitrogens is 1. The van der Waals surface area contributed by atoms with Gasteiger partial charge in [-0.25, -0.2) is 0 Å². The van der Waals surface area contributed by atoms with Crippen LogP contribution in [-0.4, -0.2) is 35.0 Å². The zero-order valence-electron chi connectivity index (χ0n) is 19.3. The minimum absolute atomic E-state index is 0.0609. The van der Waals surface area contributed by atoms with Crippen LogP contribution in [0.25, 0.3) is 10.9 Å². The Morgan fingerprint density at radius 2 is 1.91 bits per heavy atom. The molecule has 3 saturated heterocycles. The van der Waals surface area contributed by atoms with Gasteiger partial charge in [0.2, 0.25) is 0 Å².